The van der Waals surface area contributed by atoms with Crippen LogP contribution in [0.2, 0.25) is 0 Å². The summed E-state index contributed by atoms with van der Waals surface area (Å²) in [7, 11) is 0. The quantitative estimate of drug-likeness (QED) is 0.466. The summed E-state index contributed by atoms with van der Waals surface area (Å²) in [4.78, 5) is 0. The van der Waals surface area contributed by atoms with Gasteiger partial charge in [-0.05, 0) is 12.5 Å². The lowest BCUT2D eigenvalue weighted by molar-refractivity contribution is 0.0850. The molecule has 0 heterocycles. The molecule has 0 radical (unpaired) electrons. The number of hydrogen-bond donors (Lipinski definition) is 0. The van der Waals surface area contributed by atoms with Crippen LogP contribution >= 0.6 is 22.6 Å². The molecule has 1 aromatic rings. The van der Waals surface area contributed by atoms with Crippen LogP contribution in [0.4, 0.5) is 0 Å². The van der Waals surface area contributed by atoms with Crippen LogP contribution in [-0.2, 0) is 4.74 Å². The lowest BCUT2D eigenvalue weighted by Crippen LogP contribution is -2.05. The average molecular weight is 288 g/mol. The lowest BCUT2D eigenvalue weighted by Gasteiger charge is -2.15. The van der Waals surface area contributed by atoms with Gasteiger partial charge in [-0.2, -0.15) is 0 Å². The summed E-state index contributed by atoms with van der Waals surface area (Å²) in [6.45, 7) is 5.78. The molecule has 0 aromatic heterocycles. The van der Waals surface area contributed by atoms with Gasteiger partial charge in [0.25, 0.3) is 0 Å². The molecule has 1 aromatic carbocycles. The molecule has 2 heteroatoms. The molecule has 0 aliphatic rings. The van der Waals surface area contributed by atoms with E-state index in [2.05, 4.69) is 29.2 Å². The predicted octanol–water partition coefficient (Wildman–Crippen LogP) is 3.71. The number of rotatable bonds is 4. The Bertz CT molecular complexity index is 256. The smallest absolute Gasteiger partial charge is 0.107 e. The van der Waals surface area contributed by atoms with E-state index in [1.165, 1.54) is 0 Å². The molecular formula is C11H13IO. The monoisotopic (exact) mass is 288 g/mol. The highest BCUT2D eigenvalue weighted by Gasteiger charge is 2.08. The summed E-state index contributed by atoms with van der Waals surface area (Å²) in [5.74, 6) is 0. The van der Waals surface area contributed by atoms with E-state index >= 15 is 0 Å². The molecule has 0 fully saturated rings. The second-order valence-corrected chi connectivity index (χ2v) is 4.50. The number of alkyl halides is 1. The van der Waals surface area contributed by atoms with Crippen LogP contribution in [0.5, 0.6) is 0 Å². The van der Waals surface area contributed by atoms with E-state index in [9.17, 15) is 0 Å². The molecule has 13 heavy (non-hydrogen) atoms. The first kappa shape index (κ1) is 10.7. The highest BCUT2D eigenvalue weighted by molar-refractivity contribution is 14.1. The standard InChI is InChI=1S/C11H13IO/c1-3-11(13-9(2)12)10-7-5-4-6-8-10/h3-9,11H,1H2,2H3. The van der Waals surface area contributed by atoms with Crippen LogP contribution in [0.25, 0.3) is 0 Å². The Kier molecular flexibility index (Phi) is 4.45. The van der Waals surface area contributed by atoms with Crippen molar-refractivity contribution in [1.82, 2.24) is 0 Å². The lowest BCUT2D eigenvalue weighted by atomic mass is 10.1. The van der Waals surface area contributed by atoms with Crippen LogP contribution < -0.4 is 0 Å². The molecule has 0 aliphatic heterocycles. The van der Waals surface area contributed by atoms with E-state index in [4.69, 9.17) is 4.74 Å². The van der Waals surface area contributed by atoms with Crippen molar-refractivity contribution < 1.29 is 4.74 Å². The largest absolute Gasteiger partial charge is 0.356 e. The maximum atomic E-state index is 5.65. The van der Waals surface area contributed by atoms with Gasteiger partial charge in [-0.3, -0.25) is 0 Å². The molecule has 0 bridgehead atoms. The number of ether oxygens (including phenoxy) is 1. The third-order valence-corrected chi connectivity index (χ3v) is 1.97. The Morgan fingerprint density at radius 1 is 1.38 bits per heavy atom. The highest BCUT2D eigenvalue weighted by atomic mass is 127. The van der Waals surface area contributed by atoms with Crippen molar-refractivity contribution in [3.63, 3.8) is 0 Å². The first-order valence-corrected chi connectivity index (χ1v) is 5.45. The van der Waals surface area contributed by atoms with Gasteiger partial charge in [0.1, 0.15) is 10.2 Å². The maximum Gasteiger partial charge on any atom is 0.107 e. The third-order valence-electron chi connectivity index (χ3n) is 1.68. The summed E-state index contributed by atoms with van der Waals surface area (Å²) in [5.41, 5.74) is 1.15. The van der Waals surface area contributed by atoms with Gasteiger partial charge in [0.2, 0.25) is 0 Å². The summed E-state index contributed by atoms with van der Waals surface area (Å²) in [5, 5.41) is 0. The zero-order valence-corrected chi connectivity index (χ0v) is 9.77. The van der Waals surface area contributed by atoms with Crippen molar-refractivity contribution >= 4 is 22.6 Å². The second kappa shape index (κ2) is 5.40. The zero-order valence-electron chi connectivity index (χ0n) is 7.61. The minimum absolute atomic E-state index is 0.00750. The molecule has 0 aliphatic carbocycles. The predicted molar refractivity (Wildman–Crippen MR) is 63.9 cm³/mol. The fourth-order valence-corrected chi connectivity index (χ4v) is 1.43. The van der Waals surface area contributed by atoms with E-state index in [1.54, 1.807) is 0 Å². The summed E-state index contributed by atoms with van der Waals surface area (Å²) in [6.07, 6.45) is 1.83. The number of hydrogen-bond acceptors (Lipinski definition) is 1. The minimum Gasteiger partial charge on any atom is -0.356 e. The van der Waals surface area contributed by atoms with Gasteiger partial charge in [-0.15, -0.1) is 6.58 Å². The van der Waals surface area contributed by atoms with Crippen molar-refractivity contribution in [2.24, 2.45) is 0 Å². The molecule has 2 atom stereocenters. The van der Waals surface area contributed by atoms with Crippen LogP contribution in [0, 0.1) is 0 Å². The molecular weight excluding hydrogens is 275 g/mol. The van der Waals surface area contributed by atoms with Gasteiger partial charge < -0.3 is 4.74 Å². The molecule has 1 rings (SSSR count). The van der Waals surface area contributed by atoms with Crippen molar-refractivity contribution in [2.75, 3.05) is 0 Å². The maximum absolute atomic E-state index is 5.65. The van der Waals surface area contributed by atoms with Crippen LogP contribution in [0.1, 0.15) is 18.6 Å². The zero-order chi connectivity index (χ0) is 9.68. The summed E-state index contributed by atoms with van der Waals surface area (Å²) in [6, 6.07) is 10.1. The SMILES string of the molecule is C=CC(OC(C)I)c1ccccc1. The van der Waals surface area contributed by atoms with E-state index in [1.807, 2.05) is 43.3 Å². The molecule has 0 spiro atoms. The first-order valence-electron chi connectivity index (χ1n) is 4.21. The number of halogens is 1. The Balaban J connectivity index is 2.73. The van der Waals surface area contributed by atoms with E-state index in [0.29, 0.717) is 0 Å². The molecule has 0 saturated carbocycles. The van der Waals surface area contributed by atoms with Gasteiger partial charge in [0.05, 0.1) is 0 Å². The van der Waals surface area contributed by atoms with Crippen molar-refractivity contribution in [2.45, 2.75) is 17.1 Å². The molecule has 0 N–H and O–H groups in total. The Labute approximate surface area is 92.9 Å². The molecule has 0 amide bonds. The van der Waals surface area contributed by atoms with Crippen LogP contribution in [0.15, 0.2) is 43.0 Å². The van der Waals surface area contributed by atoms with Crippen molar-refractivity contribution in [3.8, 4) is 0 Å². The van der Waals surface area contributed by atoms with Crippen molar-refractivity contribution in [3.05, 3.63) is 48.6 Å². The number of benzene rings is 1. The van der Waals surface area contributed by atoms with E-state index < -0.39 is 0 Å². The summed E-state index contributed by atoms with van der Waals surface area (Å²) < 4.78 is 5.85. The van der Waals surface area contributed by atoms with Crippen LogP contribution in [-0.4, -0.2) is 4.11 Å². The minimum atomic E-state index is 0.00750. The molecule has 70 valence electrons. The molecule has 0 saturated heterocycles. The third kappa shape index (κ3) is 3.48. The normalized spacial score (nSPS) is 14.9. The molecule has 2 unspecified atom stereocenters. The Morgan fingerprint density at radius 3 is 2.46 bits per heavy atom. The van der Waals surface area contributed by atoms with E-state index in [-0.39, 0.29) is 10.2 Å². The molecule has 1 nitrogen and oxygen atoms in total. The topological polar surface area (TPSA) is 9.23 Å². The van der Waals surface area contributed by atoms with Gasteiger partial charge in [0, 0.05) is 0 Å². The van der Waals surface area contributed by atoms with Gasteiger partial charge in [0.15, 0.2) is 0 Å². The first-order chi connectivity index (χ1) is 6.24. The fraction of sp³-hybridized carbons (Fsp3) is 0.273. The van der Waals surface area contributed by atoms with E-state index in [0.717, 1.165) is 5.56 Å². The van der Waals surface area contributed by atoms with Crippen LogP contribution in [0.3, 0.4) is 0 Å². The van der Waals surface area contributed by atoms with Gasteiger partial charge in [-0.25, -0.2) is 0 Å². The second-order valence-electron chi connectivity index (χ2n) is 2.75. The fourth-order valence-electron chi connectivity index (χ4n) is 1.11. The van der Waals surface area contributed by atoms with Gasteiger partial charge >= 0.3 is 0 Å². The van der Waals surface area contributed by atoms with Gasteiger partial charge in [-0.1, -0.05) is 59.0 Å². The Hall–Kier alpha value is -0.350. The average Bonchev–Trinajstić information content (AvgIpc) is 2.15. The van der Waals surface area contributed by atoms with Crippen molar-refractivity contribution in [1.29, 1.82) is 0 Å². The summed E-state index contributed by atoms with van der Waals surface area (Å²) >= 11 is 2.24. The highest BCUT2D eigenvalue weighted by Crippen LogP contribution is 2.21. The Morgan fingerprint density at radius 2 is 2.00 bits per heavy atom.